The number of nitrogens with zero attached hydrogens (tertiary/aromatic N) is 2. The summed E-state index contributed by atoms with van der Waals surface area (Å²) in [7, 11) is 0. The Morgan fingerprint density at radius 2 is 2.04 bits per heavy atom. The number of nitrogens with one attached hydrogen (secondary N) is 1. The summed E-state index contributed by atoms with van der Waals surface area (Å²) in [5.74, 6) is -1.65. The van der Waals surface area contributed by atoms with E-state index in [1.54, 1.807) is 42.6 Å². The van der Waals surface area contributed by atoms with E-state index in [9.17, 15) is 14.7 Å². The van der Waals surface area contributed by atoms with Crippen LogP contribution in [0, 0.1) is 0 Å². The number of carbonyl (C=O) groups is 2. The molecule has 1 aliphatic rings. The third-order valence-corrected chi connectivity index (χ3v) is 4.52. The molecule has 142 valence electrons. The van der Waals surface area contributed by atoms with Crippen LogP contribution >= 0.6 is 11.6 Å². The first kappa shape index (κ1) is 19.1. The normalized spacial score (nSPS) is 15.2. The highest BCUT2D eigenvalue weighted by molar-refractivity contribution is 6.30. The monoisotopic (exact) mass is 389 g/mol. The maximum Gasteiger partial charge on any atom is 0.326 e. The van der Waals surface area contributed by atoms with Gasteiger partial charge in [0.2, 0.25) is 0 Å². The van der Waals surface area contributed by atoms with Gasteiger partial charge in [-0.1, -0.05) is 23.7 Å². The van der Waals surface area contributed by atoms with Gasteiger partial charge < -0.3 is 20.1 Å². The Morgan fingerprint density at radius 1 is 1.26 bits per heavy atom. The number of carboxylic acids is 1. The van der Waals surface area contributed by atoms with Crippen LogP contribution in [0.5, 0.6) is 0 Å². The molecular formula is C19H20ClN3O4. The number of ether oxygens (including phenoxy) is 1. The summed E-state index contributed by atoms with van der Waals surface area (Å²) >= 11 is 5.93. The Kier molecular flexibility index (Phi) is 6.26. The van der Waals surface area contributed by atoms with Crippen LogP contribution in [0.2, 0.25) is 5.02 Å². The van der Waals surface area contributed by atoms with Crippen molar-refractivity contribution < 1.29 is 19.4 Å². The average Bonchev–Trinajstić information content (AvgIpc) is 2.68. The second-order valence-corrected chi connectivity index (χ2v) is 6.64. The quantitative estimate of drug-likeness (QED) is 0.785. The molecule has 2 N–H and O–H groups in total. The number of rotatable bonds is 6. The molecule has 0 radical (unpaired) electrons. The maximum absolute atomic E-state index is 12.4. The predicted molar refractivity (Wildman–Crippen MR) is 101 cm³/mol. The van der Waals surface area contributed by atoms with Crippen molar-refractivity contribution in [1.82, 2.24) is 10.3 Å². The van der Waals surface area contributed by atoms with Gasteiger partial charge in [0.25, 0.3) is 5.91 Å². The van der Waals surface area contributed by atoms with Crippen LogP contribution in [0.15, 0.2) is 42.6 Å². The second kappa shape index (κ2) is 8.83. The zero-order chi connectivity index (χ0) is 19.2. The number of morpholine rings is 1. The van der Waals surface area contributed by atoms with E-state index >= 15 is 0 Å². The first-order valence-electron chi connectivity index (χ1n) is 8.60. The third kappa shape index (κ3) is 5.18. The zero-order valence-corrected chi connectivity index (χ0v) is 15.4. The van der Waals surface area contributed by atoms with Crippen molar-refractivity contribution in [2.75, 3.05) is 31.2 Å². The van der Waals surface area contributed by atoms with Crippen molar-refractivity contribution in [2.24, 2.45) is 0 Å². The standard InChI is InChI=1S/C19H20ClN3O4/c20-14-3-1-2-13(10-14)11-17(19(25)26)22-18(24)16-5-4-15(12-21-16)23-6-8-27-9-7-23/h1-5,10,12,17H,6-9,11H2,(H,22,24)(H,25,26)/t17-/m0/s1. The summed E-state index contributed by atoms with van der Waals surface area (Å²) in [6.07, 6.45) is 1.75. The summed E-state index contributed by atoms with van der Waals surface area (Å²) < 4.78 is 5.32. The summed E-state index contributed by atoms with van der Waals surface area (Å²) in [4.78, 5) is 30.2. The number of hydrogen-bond acceptors (Lipinski definition) is 5. The van der Waals surface area contributed by atoms with Gasteiger partial charge in [-0.3, -0.25) is 4.79 Å². The van der Waals surface area contributed by atoms with E-state index in [4.69, 9.17) is 16.3 Å². The van der Waals surface area contributed by atoms with E-state index in [2.05, 4.69) is 15.2 Å². The Labute approximate surface area is 161 Å². The van der Waals surface area contributed by atoms with E-state index in [1.807, 2.05) is 0 Å². The highest BCUT2D eigenvalue weighted by atomic mass is 35.5. The van der Waals surface area contributed by atoms with Gasteiger partial charge in [-0.05, 0) is 29.8 Å². The van der Waals surface area contributed by atoms with Crippen LogP contribution in [0.4, 0.5) is 5.69 Å². The van der Waals surface area contributed by atoms with Crippen LogP contribution in [0.25, 0.3) is 0 Å². The molecule has 1 atom stereocenters. The number of carboxylic acid groups (broad SMARTS) is 1. The number of halogens is 1. The lowest BCUT2D eigenvalue weighted by atomic mass is 10.1. The molecule has 1 amide bonds. The van der Waals surface area contributed by atoms with Crippen molar-refractivity contribution in [3.63, 3.8) is 0 Å². The van der Waals surface area contributed by atoms with Gasteiger partial charge >= 0.3 is 5.97 Å². The summed E-state index contributed by atoms with van der Waals surface area (Å²) in [5.41, 5.74) is 1.80. The highest BCUT2D eigenvalue weighted by Gasteiger charge is 2.22. The minimum absolute atomic E-state index is 0.132. The summed E-state index contributed by atoms with van der Waals surface area (Å²) in [6, 6.07) is 9.22. The first-order valence-corrected chi connectivity index (χ1v) is 8.97. The molecule has 0 spiro atoms. The molecule has 1 fully saturated rings. The van der Waals surface area contributed by atoms with Crippen molar-refractivity contribution in [1.29, 1.82) is 0 Å². The molecule has 8 heteroatoms. The molecule has 27 heavy (non-hydrogen) atoms. The molecule has 0 saturated carbocycles. The zero-order valence-electron chi connectivity index (χ0n) is 14.6. The van der Waals surface area contributed by atoms with Gasteiger partial charge in [0.15, 0.2) is 0 Å². The number of anilines is 1. The largest absolute Gasteiger partial charge is 0.480 e. The van der Waals surface area contributed by atoms with Crippen LogP contribution in [0.1, 0.15) is 16.1 Å². The van der Waals surface area contributed by atoms with E-state index in [0.29, 0.717) is 18.2 Å². The van der Waals surface area contributed by atoms with Crippen LogP contribution in [-0.4, -0.2) is 54.3 Å². The van der Waals surface area contributed by atoms with Gasteiger partial charge in [-0.15, -0.1) is 0 Å². The number of carbonyl (C=O) groups excluding carboxylic acids is 1. The molecule has 1 aromatic carbocycles. The molecule has 1 saturated heterocycles. The molecule has 0 aliphatic carbocycles. The van der Waals surface area contributed by atoms with Gasteiger partial charge in [0.1, 0.15) is 11.7 Å². The third-order valence-electron chi connectivity index (χ3n) is 4.29. The lowest BCUT2D eigenvalue weighted by Gasteiger charge is -2.28. The molecule has 3 rings (SSSR count). The first-order chi connectivity index (χ1) is 13.0. The van der Waals surface area contributed by atoms with Crippen molar-refractivity contribution in [3.8, 4) is 0 Å². The van der Waals surface area contributed by atoms with Gasteiger partial charge in [-0.2, -0.15) is 0 Å². The summed E-state index contributed by atoms with van der Waals surface area (Å²) in [5, 5.41) is 12.5. The molecule has 1 aromatic heterocycles. The van der Waals surface area contributed by atoms with E-state index in [0.717, 1.165) is 24.3 Å². The average molecular weight is 390 g/mol. The molecule has 0 unspecified atom stereocenters. The number of hydrogen-bond donors (Lipinski definition) is 2. The fourth-order valence-electron chi connectivity index (χ4n) is 2.86. The van der Waals surface area contributed by atoms with Gasteiger partial charge in [0, 0.05) is 24.5 Å². The molecular weight excluding hydrogens is 370 g/mol. The van der Waals surface area contributed by atoms with Crippen molar-refractivity contribution in [3.05, 3.63) is 58.9 Å². The lowest BCUT2D eigenvalue weighted by molar-refractivity contribution is -0.139. The number of benzene rings is 1. The minimum Gasteiger partial charge on any atom is -0.480 e. The number of amides is 1. The van der Waals surface area contributed by atoms with Crippen molar-refractivity contribution in [2.45, 2.75) is 12.5 Å². The maximum atomic E-state index is 12.4. The molecule has 2 heterocycles. The van der Waals surface area contributed by atoms with E-state index in [-0.39, 0.29) is 12.1 Å². The molecule has 7 nitrogen and oxygen atoms in total. The SMILES string of the molecule is O=C(N[C@@H](Cc1cccc(Cl)c1)C(=O)O)c1ccc(N2CCOCC2)cn1. The Hall–Kier alpha value is -2.64. The number of aliphatic carboxylic acids is 1. The summed E-state index contributed by atoms with van der Waals surface area (Å²) in [6.45, 7) is 2.86. The molecule has 2 aromatic rings. The Bertz CT molecular complexity index is 807. The van der Waals surface area contributed by atoms with Crippen LogP contribution in [-0.2, 0) is 16.0 Å². The van der Waals surface area contributed by atoms with Gasteiger partial charge in [0.05, 0.1) is 25.1 Å². The number of pyridine rings is 1. The van der Waals surface area contributed by atoms with Gasteiger partial charge in [-0.25, -0.2) is 9.78 Å². The van der Waals surface area contributed by atoms with Crippen LogP contribution < -0.4 is 10.2 Å². The topological polar surface area (TPSA) is 91.8 Å². The molecule has 1 aliphatic heterocycles. The Balaban J connectivity index is 1.65. The smallest absolute Gasteiger partial charge is 0.326 e. The highest BCUT2D eigenvalue weighted by Crippen LogP contribution is 2.15. The van der Waals surface area contributed by atoms with E-state index < -0.39 is 17.9 Å². The Morgan fingerprint density at radius 3 is 2.67 bits per heavy atom. The predicted octanol–water partition coefficient (Wildman–Crippen LogP) is 2.00. The number of aromatic nitrogens is 1. The second-order valence-electron chi connectivity index (χ2n) is 6.20. The fourth-order valence-corrected chi connectivity index (χ4v) is 3.07. The molecule has 0 bridgehead atoms. The fraction of sp³-hybridized carbons (Fsp3) is 0.316. The minimum atomic E-state index is -1.12. The lowest BCUT2D eigenvalue weighted by Crippen LogP contribution is -2.42. The van der Waals surface area contributed by atoms with E-state index in [1.165, 1.54) is 0 Å². The van der Waals surface area contributed by atoms with Crippen LogP contribution in [0.3, 0.4) is 0 Å². The van der Waals surface area contributed by atoms with Crippen molar-refractivity contribution >= 4 is 29.2 Å².